The van der Waals surface area contributed by atoms with Crippen molar-refractivity contribution >= 4 is 0 Å². The van der Waals surface area contributed by atoms with Crippen LogP contribution in [0.25, 0.3) is 0 Å². The van der Waals surface area contributed by atoms with Gasteiger partial charge in [-0.3, -0.25) is 0 Å². The van der Waals surface area contributed by atoms with Gasteiger partial charge in [-0.15, -0.1) is 0 Å². The Morgan fingerprint density at radius 1 is 0.947 bits per heavy atom. The second kappa shape index (κ2) is 13.0. The fraction of sp³-hybridized carbons (Fsp3) is 1.00. The molecular formula is C18H41N. The highest BCUT2D eigenvalue weighted by molar-refractivity contribution is 4.85. The topological polar surface area (TPSA) is 3.24 Å². The Bertz CT molecular complexity index is 167. The van der Waals surface area contributed by atoms with E-state index < -0.39 is 0 Å². The van der Waals surface area contributed by atoms with Crippen LogP contribution in [0.4, 0.5) is 0 Å². The number of piperidine rings is 1. The maximum Gasteiger partial charge on any atom is 0.00385 e. The molecule has 0 N–H and O–H groups in total. The first-order chi connectivity index (χ1) is 9.05. The van der Waals surface area contributed by atoms with Crippen molar-refractivity contribution in [3.8, 4) is 0 Å². The van der Waals surface area contributed by atoms with Gasteiger partial charge < -0.3 is 4.90 Å². The normalized spacial score (nSPS) is 18.2. The summed E-state index contributed by atoms with van der Waals surface area (Å²) in [6, 6.07) is 0.742. The molecule has 0 saturated carbocycles. The van der Waals surface area contributed by atoms with Crippen LogP contribution in [-0.2, 0) is 0 Å². The summed E-state index contributed by atoms with van der Waals surface area (Å²) in [5, 5.41) is 0. The molecular weight excluding hydrogens is 230 g/mol. The van der Waals surface area contributed by atoms with E-state index >= 15 is 0 Å². The first-order valence-electron chi connectivity index (χ1n) is 8.79. The van der Waals surface area contributed by atoms with Crippen LogP contribution in [-0.4, -0.2) is 24.0 Å². The van der Waals surface area contributed by atoms with Crippen LogP contribution in [0, 0.1) is 5.41 Å². The van der Waals surface area contributed by atoms with E-state index in [2.05, 4.69) is 46.4 Å². The molecule has 0 aromatic heterocycles. The average Bonchev–Trinajstić information content (AvgIpc) is 2.43. The Labute approximate surface area is 124 Å². The Balaban J connectivity index is 0. The van der Waals surface area contributed by atoms with Crippen molar-refractivity contribution in [2.45, 2.75) is 100.0 Å². The highest BCUT2D eigenvalue weighted by Gasteiger charge is 2.32. The van der Waals surface area contributed by atoms with Crippen molar-refractivity contribution < 1.29 is 0 Å². The van der Waals surface area contributed by atoms with Gasteiger partial charge in [-0.1, -0.05) is 60.8 Å². The number of nitrogens with zero attached hydrogens (tertiary/aromatic N) is 1. The van der Waals surface area contributed by atoms with Gasteiger partial charge in [0, 0.05) is 6.04 Å². The standard InChI is InChI=1S/C13H27N.C3H8.C2H6/c1-5-7-13(6-2)8-10-14(11-9-13)12(3)4;1-3-2;1-2/h12H,5-11H2,1-4H3;3H2,1-2H3;1-2H3. The summed E-state index contributed by atoms with van der Waals surface area (Å²) < 4.78 is 0. The van der Waals surface area contributed by atoms with Gasteiger partial charge in [0.15, 0.2) is 0 Å². The van der Waals surface area contributed by atoms with Gasteiger partial charge in [0.2, 0.25) is 0 Å². The Kier molecular flexibility index (Phi) is 14.5. The fourth-order valence-electron chi connectivity index (χ4n) is 2.83. The third-order valence-corrected chi connectivity index (χ3v) is 4.12. The van der Waals surface area contributed by atoms with Gasteiger partial charge >= 0.3 is 0 Å². The molecule has 0 amide bonds. The summed E-state index contributed by atoms with van der Waals surface area (Å²) in [5.41, 5.74) is 0.695. The first kappa shape index (κ1) is 21.3. The molecule has 19 heavy (non-hydrogen) atoms. The predicted octanol–water partition coefficient (Wildman–Crippen LogP) is 6.13. The summed E-state index contributed by atoms with van der Waals surface area (Å²) >= 11 is 0. The van der Waals surface area contributed by atoms with Gasteiger partial charge in [0.05, 0.1) is 0 Å². The molecule has 0 bridgehead atoms. The monoisotopic (exact) mass is 271 g/mol. The minimum atomic E-state index is 0.695. The molecule has 0 aromatic carbocycles. The Hall–Kier alpha value is -0.0400. The largest absolute Gasteiger partial charge is 0.301 e. The second-order valence-electron chi connectivity index (χ2n) is 5.94. The lowest BCUT2D eigenvalue weighted by molar-refractivity contribution is 0.0719. The Morgan fingerprint density at radius 2 is 1.37 bits per heavy atom. The highest BCUT2D eigenvalue weighted by atomic mass is 15.2. The summed E-state index contributed by atoms with van der Waals surface area (Å²) in [6.07, 6.45) is 8.28. The van der Waals surface area contributed by atoms with Crippen molar-refractivity contribution in [1.82, 2.24) is 4.90 Å². The van der Waals surface area contributed by atoms with Gasteiger partial charge in [-0.25, -0.2) is 0 Å². The fourth-order valence-corrected chi connectivity index (χ4v) is 2.83. The van der Waals surface area contributed by atoms with Crippen LogP contribution in [0.3, 0.4) is 0 Å². The molecule has 0 aliphatic carbocycles. The third kappa shape index (κ3) is 8.68. The van der Waals surface area contributed by atoms with E-state index in [-0.39, 0.29) is 0 Å². The van der Waals surface area contributed by atoms with Crippen molar-refractivity contribution in [3.05, 3.63) is 0 Å². The lowest BCUT2D eigenvalue weighted by Crippen LogP contribution is -2.43. The third-order valence-electron chi connectivity index (χ3n) is 4.12. The SMILES string of the molecule is CC.CCC.CCCC1(CC)CCN(C(C)C)CC1. The maximum atomic E-state index is 2.63. The van der Waals surface area contributed by atoms with E-state index in [0.717, 1.165) is 6.04 Å². The highest BCUT2D eigenvalue weighted by Crippen LogP contribution is 2.39. The summed E-state index contributed by atoms with van der Waals surface area (Å²) in [4.78, 5) is 2.63. The predicted molar refractivity (Wildman–Crippen MR) is 90.9 cm³/mol. The van der Waals surface area contributed by atoms with E-state index in [0.29, 0.717) is 5.41 Å². The van der Waals surface area contributed by atoms with Gasteiger partial charge in [-0.05, 0) is 51.6 Å². The minimum absolute atomic E-state index is 0.695. The van der Waals surface area contributed by atoms with E-state index in [9.17, 15) is 0 Å². The van der Waals surface area contributed by atoms with Crippen LogP contribution >= 0.6 is 0 Å². The van der Waals surface area contributed by atoms with Crippen molar-refractivity contribution in [3.63, 3.8) is 0 Å². The summed E-state index contributed by atoms with van der Waals surface area (Å²) in [5.74, 6) is 0. The molecule has 1 nitrogen and oxygen atoms in total. The molecule has 1 heteroatoms. The van der Waals surface area contributed by atoms with Gasteiger partial charge in [-0.2, -0.15) is 0 Å². The lowest BCUT2D eigenvalue weighted by Gasteiger charge is -2.43. The van der Waals surface area contributed by atoms with Crippen molar-refractivity contribution in [1.29, 1.82) is 0 Å². The van der Waals surface area contributed by atoms with Crippen LogP contribution in [0.15, 0.2) is 0 Å². The minimum Gasteiger partial charge on any atom is -0.301 e. The molecule has 1 rings (SSSR count). The van der Waals surface area contributed by atoms with Crippen molar-refractivity contribution in [2.75, 3.05) is 13.1 Å². The molecule has 1 fully saturated rings. The molecule has 0 atom stereocenters. The van der Waals surface area contributed by atoms with Gasteiger partial charge in [0.25, 0.3) is 0 Å². The first-order valence-corrected chi connectivity index (χ1v) is 8.79. The zero-order valence-corrected chi connectivity index (χ0v) is 15.2. The summed E-state index contributed by atoms with van der Waals surface area (Å²) in [6.45, 7) is 20.2. The molecule has 1 saturated heterocycles. The van der Waals surface area contributed by atoms with E-state index in [1.54, 1.807) is 0 Å². The van der Waals surface area contributed by atoms with Crippen LogP contribution in [0.1, 0.15) is 93.9 Å². The van der Waals surface area contributed by atoms with Crippen LogP contribution < -0.4 is 0 Å². The number of likely N-dealkylation sites (tertiary alicyclic amines) is 1. The van der Waals surface area contributed by atoms with Crippen LogP contribution in [0.5, 0.6) is 0 Å². The Morgan fingerprint density at radius 3 is 1.63 bits per heavy atom. The number of hydrogen-bond donors (Lipinski definition) is 0. The molecule has 0 aromatic rings. The average molecular weight is 272 g/mol. The van der Waals surface area contributed by atoms with E-state index in [4.69, 9.17) is 0 Å². The van der Waals surface area contributed by atoms with Gasteiger partial charge in [0.1, 0.15) is 0 Å². The van der Waals surface area contributed by atoms with E-state index in [1.165, 1.54) is 51.6 Å². The molecule has 0 spiro atoms. The quantitative estimate of drug-likeness (QED) is 0.594. The molecule has 1 aliphatic rings. The molecule has 0 radical (unpaired) electrons. The molecule has 1 heterocycles. The second-order valence-corrected chi connectivity index (χ2v) is 5.94. The lowest BCUT2D eigenvalue weighted by atomic mass is 9.73. The maximum absolute atomic E-state index is 2.63. The number of rotatable bonds is 4. The smallest absolute Gasteiger partial charge is 0.00385 e. The molecule has 118 valence electrons. The molecule has 0 unspecified atom stereocenters. The zero-order chi connectivity index (χ0) is 15.3. The van der Waals surface area contributed by atoms with E-state index in [1.807, 2.05) is 13.8 Å². The van der Waals surface area contributed by atoms with Crippen LogP contribution in [0.2, 0.25) is 0 Å². The zero-order valence-electron chi connectivity index (χ0n) is 15.2. The summed E-state index contributed by atoms with van der Waals surface area (Å²) in [7, 11) is 0. The molecule has 1 aliphatic heterocycles. The van der Waals surface area contributed by atoms with Crippen molar-refractivity contribution in [2.24, 2.45) is 5.41 Å². The number of hydrogen-bond acceptors (Lipinski definition) is 1.